The molecule has 0 unspecified atom stereocenters. The number of benzene rings is 1. The third-order valence-electron chi connectivity index (χ3n) is 4.58. The first-order valence-corrected chi connectivity index (χ1v) is 10.3. The molecule has 1 aliphatic rings. The van der Waals surface area contributed by atoms with Crippen molar-refractivity contribution in [2.45, 2.75) is 50.4 Å². The molecule has 0 spiro atoms. The summed E-state index contributed by atoms with van der Waals surface area (Å²) in [5, 5.41) is 1.96. The Bertz CT molecular complexity index is 781. The van der Waals surface area contributed by atoms with Crippen LogP contribution >= 0.6 is 11.8 Å². The summed E-state index contributed by atoms with van der Waals surface area (Å²) in [5.74, 6) is -1.29. The van der Waals surface area contributed by atoms with Crippen LogP contribution < -0.4 is 5.32 Å². The maximum Gasteiger partial charge on any atom is 0.328 e. The maximum atomic E-state index is 12.9. The molecule has 0 saturated heterocycles. The number of rotatable bonds is 7. The van der Waals surface area contributed by atoms with Crippen molar-refractivity contribution in [1.29, 1.82) is 0 Å². The molecule has 1 heterocycles. The summed E-state index contributed by atoms with van der Waals surface area (Å²) < 4.78 is 4.72. The van der Waals surface area contributed by atoms with Gasteiger partial charge < -0.3 is 15.0 Å². The number of nitrogens with one attached hydrogen (secondary N) is 1. The van der Waals surface area contributed by atoms with Crippen LogP contribution in [0.5, 0.6) is 0 Å². The molecular formula is C21H26N2O5S. The third-order valence-corrected chi connectivity index (χ3v) is 5.58. The lowest BCUT2D eigenvalue weighted by Crippen LogP contribution is -2.52. The zero-order valence-electron chi connectivity index (χ0n) is 16.8. The van der Waals surface area contributed by atoms with E-state index < -0.39 is 23.3 Å². The van der Waals surface area contributed by atoms with E-state index >= 15 is 0 Å². The highest BCUT2D eigenvalue weighted by molar-refractivity contribution is 8.14. The van der Waals surface area contributed by atoms with E-state index in [9.17, 15) is 19.2 Å². The Morgan fingerprint density at radius 1 is 1.28 bits per heavy atom. The van der Waals surface area contributed by atoms with Gasteiger partial charge in [-0.3, -0.25) is 14.4 Å². The van der Waals surface area contributed by atoms with Gasteiger partial charge in [-0.05, 0) is 31.7 Å². The number of hydrogen-bond donors (Lipinski definition) is 1. The summed E-state index contributed by atoms with van der Waals surface area (Å²) in [7, 11) is 1.26. The number of thioether (sulfide) groups is 1. The molecule has 3 atom stereocenters. The molecule has 29 heavy (non-hydrogen) atoms. The molecular weight excluding hydrogens is 392 g/mol. The Labute approximate surface area is 174 Å². The molecule has 2 amide bonds. The van der Waals surface area contributed by atoms with E-state index in [-0.39, 0.29) is 16.9 Å². The van der Waals surface area contributed by atoms with Gasteiger partial charge >= 0.3 is 5.97 Å². The Kier molecular flexibility index (Phi) is 8.45. The number of hydrogen-bond acceptors (Lipinski definition) is 6. The van der Waals surface area contributed by atoms with E-state index in [1.807, 2.05) is 30.3 Å². The SMILES string of the molecule is COC(=O)[C@H](C)N1C=CCC[C@H](NC(=O)[C@H](Cc2ccccc2)SC(C)=O)C1=O. The quantitative estimate of drug-likeness (QED) is 0.682. The van der Waals surface area contributed by atoms with Gasteiger partial charge in [0, 0.05) is 13.1 Å². The molecule has 1 N–H and O–H groups in total. The second-order valence-electron chi connectivity index (χ2n) is 6.76. The van der Waals surface area contributed by atoms with E-state index in [1.165, 1.54) is 18.9 Å². The number of esters is 1. The van der Waals surface area contributed by atoms with Crippen molar-refractivity contribution >= 4 is 34.7 Å². The second kappa shape index (κ2) is 10.8. The Hall–Kier alpha value is -2.61. The van der Waals surface area contributed by atoms with Crippen molar-refractivity contribution < 1.29 is 23.9 Å². The fourth-order valence-electron chi connectivity index (χ4n) is 3.05. The highest BCUT2D eigenvalue weighted by atomic mass is 32.2. The van der Waals surface area contributed by atoms with E-state index in [0.29, 0.717) is 19.3 Å². The smallest absolute Gasteiger partial charge is 0.328 e. The van der Waals surface area contributed by atoms with Crippen LogP contribution in [0.2, 0.25) is 0 Å². The number of carbonyl (C=O) groups excluding carboxylic acids is 4. The number of ether oxygens (including phenoxy) is 1. The molecule has 1 aliphatic heterocycles. The van der Waals surface area contributed by atoms with Crippen molar-refractivity contribution in [2.75, 3.05) is 7.11 Å². The predicted octanol–water partition coefficient (Wildman–Crippen LogP) is 2.06. The minimum absolute atomic E-state index is 0.170. The summed E-state index contributed by atoms with van der Waals surface area (Å²) in [5.41, 5.74) is 0.927. The van der Waals surface area contributed by atoms with Gasteiger partial charge in [0.2, 0.25) is 11.8 Å². The van der Waals surface area contributed by atoms with Gasteiger partial charge in [0.25, 0.3) is 0 Å². The minimum Gasteiger partial charge on any atom is -0.467 e. The van der Waals surface area contributed by atoms with E-state index in [0.717, 1.165) is 17.3 Å². The lowest BCUT2D eigenvalue weighted by molar-refractivity contribution is -0.150. The Morgan fingerprint density at radius 3 is 2.59 bits per heavy atom. The van der Waals surface area contributed by atoms with Gasteiger partial charge in [-0.25, -0.2) is 4.79 Å². The highest BCUT2D eigenvalue weighted by Crippen LogP contribution is 2.20. The Morgan fingerprint density at radius 2 is 1.97 bits per heavy atom. The van der Waals surface area contributed by atoms with Crippen LogP contribution in [0.4, 0.5) is 0 Å². The molecule has 0 aliphatic carbocycles. The fraction of sp³-hybridized carbons (Fsp3) is 0.429. The third kappa shape index (κ3) is 6.45. The summed E-state index contributed by atoms with van der Waals surface area (Å²) in [6.07, 6.45) is 4.70. The molecule has 0 aromatic heterocycles. The monoisotopic (exact) mass is 418 g/mol. The Balaban J connectivity index is 2.13. The summed E-state index contributed by atoms with van der Waals surface area (Å²) in [6, 6.07) is 7.82. The first-order valence-electron chi connectivity index (χ1n) is 9.41. The normalized spacial score (nSPS) is 18.5. The van der Waals surface area contributed by atoms with Gasteiger partial charge in [-0.1, -0.05) is 48.2 Å². The molecule has 8 heteroatoms. The first-order chi connectivity index (χ1) is 13.8. The molecule has 0 fully saturated rings. The van der Waals surface area contributed by atoms with Crippen LogP contribution in [-0.4, -0.2) is 52.2 Å². The van der Waals surface area contributed by atoms with Crippen LogP contribution in [0.25, 0.3) is 0 Å². The van der Waals surface area contributed by atoms with Crippen LogP contribution in [0.15, 0.2) is 42.6 Å². The standard InChI is InChI=1S/C21H26N2O5S/c1-14(21(27)28-3)23-12-8-7-11-17(20(23)26)22-19(25)18(29-15(2)24)13-16-9-5-4-6-10-16/h4-6,8-10,12,14,17-18H,7,11,13H2,1-3H3,(H,22,25)/t14-,17-,18-/m0/s1. The molecule has 0 saturated carbocycles. The lowest BCUT2D eigenvalue weighted by atomic mass is 10.1. The molecule has 0 bridgehead atoms. The summed E-state index contributed by atoms with van der Waals surface area (Å²) >= 11 is 0.948. The molecule has 1 aromatic carbocycles. The van der Waals surface area contributed by atoms with Gasteiger partial charge in [-0.2, -0.15) is 0 Å². The molecule has 2 rings (SSSR count). The number of nitrogens with zero attached hydrogens (tertiary/aromatic N) is 1. The first kappa shape index (κ1) is 22.7. The molecule has 7 nitrogen and oxygen atoms in total. The highest BCUT2D eigenvalue weighted by Gasteiger charge is 2.34. The van der Waals surface area contributed by atoms with Crippen LogP contribution in [0, 0.1) is 0 Å². The maximum absolute atomic E-state index is 12.9. The minimum atomic E-state index is -0.798. The molecule has 156 valence electrons. The van der Waals surface area contributed by atoms with Gasteiger partial charge in [0.1, 0.15) is 12.1 Å². The number of methoxy groups -OCH3 is 1. The zero-order chi connectivity index (χ0) is 21.4. The predicted molar refractivity (Wildman–Crippen MR) is 111 cm³/mol. The van der Waals surface area contributed by atoms with Crippen molar-refractivity contribution in [2.24, 2.45) is 0 Å². The van der Waals surface area contributed by atoms with Gasteiger partial charge in [-0.15, -0.1) is 0 Å². The van der Waals surface area contributed by atoms with Gasteiger partial charge in [0.05, 0.1) is 12.4 Å². The number of carbonyl (C=O) groups is 4. The van der Waals surface area contributed by atoms with E-state index in [4.69, 9.17) is 4.74 Å². The summed E-state index contributed by atoms with van der Waals surface area (Å²) in [4.78, 5) is 50.6. The van der Waals surface area contributed by atoms with Crippen LogP contribution in [0.3, 0.4) is 0 Å². The summed E-state index contributed by atoms with van der Waals surface area (Å²) in [6.45, 7) is 2.98. The average molecular weight is 419 g/mol. The van der Waals surface area contributed by atoms with Crippen LogP contribution in [0.1, 0.15) is 32.3 Å². The van der Waals surface area contributed by atoms with Crippen molar-refractivity contribution in [3.63, 3.8) is 0 Å². The average Bonchev–Trinajstić information content (AvgIpc) is 2.88. The van der Waals surface area contributed by atoms with E-state index in [2.05, 4.69) is 5.32 Å². The number of allylic oxidation sites excluding steroid dienone is 1. The molecule has 0 radical (unpaired) electrons. The van der Waals surface area contributed by atoms with Crippen LogP contribution in [-0.2, 0) is 30.3 Å². The van der Waals surface area contributed by atoms with Gasteiger partial charge in [0.15, 0.2) is 5.12 Å². The van der Waals surface area contributed by atoms with Crippen molar-refractivity contribution in [3.8, 4) is 0 Å². The number of amides is 2. The molecule has 1 aromatic rings. The second-order valence-corrected chi connectivity index (χ2v) is 8.14. The fourth-order valence-corrected chi connectivity index (χ4v) is 3.90. The van der Waals surface area contributed by atoms with E-state index in [1.54, 1.807) is 19.2 Å². The lowest BCUT2D eigenvalue weighted by Gasteiger charge is -2.27. The van der Waals surface area contributed by atoms with Crippen molar-refractivity contribution in [3.05, 3.63) is 48.2 Å². The largest absolute Gasteiger partial charge is 0.467 e. The van der Waals surface area contributed by atoms with Crippen molar-refractivity contribution in [1.82, 2.24) is 10.2 Å². The zero-order valence-corrected chi connectivity index (χ0v) is 17.6. The topological polar surface area (TPSA) is 92.8 Å².